The van der Waals surface area contributed by atoms with E-state index in [2.05, 4.69) is 0 Å². The molecule has 4 heteroatoms. The van der Waals surface area contributed by atoms with E-state index in [0.717, 1.165) is 32.6 Å². The molecule has 27 heavy (non-hydrogen) atoms. The quantitative estimate of drug-likeness (QED) is 0.452. The number of aryl methyl sites for hydroxylation is 2. The maximum Gasteiger partial charge on any atom is 0.237 e. The van der Waals surface area contributed by atoms with Crippen molar-refractivity contribution in [2.75, 3.05) is 4.90 Å². The Morgan fingerprint density at radius 3 is 2.30 bits per heavy atom. The minimum atomic E-state index is 0.0256. The van der Waals surface area contributed by atoms with Gasteiger partial charge in [0.1, 0.15) is 0 Å². The summed E-state index contributed by atoms with van der Waals surface area (Å²) in [5, 5.41) is 0.712. The Morgan fingerprint density at radius 1 is 0.889 bits per heavy atom. The maximum absolute atomic E-state index is 13.4. The van der Waals surface area contributed by atoms with Crippen molar-refractivity contribution in [2.45, 2.75) is 20.3 Å². The Bertz CT molecular complexity index is 1080. The summed E-state index contributed by atoms with van der Waals surface area (Å²) < 4.78 is 1.08. The Labute approximate surface area is 162 Å². The first-order valence-corrected chi connectivity index (χ1v) is 9.74. The van der Waals surface area contributed by atoms with Gasteiger partial charge in [0.25, 0.3) is 0 Å². The van der Waals surface area contributed by atoms with E-state index in [1.807, 2.05) is 86.6 Å². The second-order valence-electron chi connectivity index (χ2n) is 6.58. The summed E-state index contributed by atoms with van der Waals surface area (Å²) in [4.78, 5) is 19.9. The molecule has 3 nitrogen and oxygen atoms in total. The molecule has 1 amide bonds. The second kappa shape index (κ2) is 7.33. The normalized spacial score (nSPS) is 10.9. The molecule has 0 saturated heterocycles. The van der Waals surface area contributed by atoms with Crippen LogP contribution in [0.4, 0.5) is 10.8 Å². The van der Waals surface area contributed by atoms with E-state index in [-0.39, 0.29) is 5.91 Å². The molecule has 0 aliphatic carbocycles. The van der Waals surface area contributed by atoms with Crippen molar-refractivity contribution in [1.29, 1.82) is 0 Å². The predicted octanol–water partition coefficient (Wildman–Crippen LogP) is 5.82. The Kier molecular flexibility index (Phi) is 4.73. The lowest BCUT2D eigenvalue weighted by Gasteiger charge is -2.22. The van der Waals surface area contributed by atoms with E-state index in [0.29, 0.717) is 11.6 Å². The molecule has 0 N–H and O–H groups in total. The summed E-state index contributed by atoms with van der Waals surface area (Å²) >= 11 is 1.55. The lowest BCUT2D eigenvalue weighted by Crippen LogP contribution is -2.28. The van der Waals surface area contributed by atoms with Gasteiger partial charge in [-0.2, -0.15) is 0 Å². The summed E-state index contributed by atoms with van der Waals surface area (Å²) in [5.74, 6) is 0.0256. The summed E-state index contributed by atoms with van der Waals surface area (Å²) in [7, 11) is 0. The van der Waals surface area contributed by atoms with Gasteiger partial charge in [-0.1, -0.05) is 65.9 Å². The largest absolute Gasteiger partial charge is 0.274 e. The fraction of sp³-hybridized carbons (Fsp3) is 0.130. The van der Waals surface area contributed by atoms with Crippen molar-refractivity contribution in [3.8, 4) is 0 Å². The third kappa shape index (κ3) is 3.49. The Morgan fingerprint density at radius 2 is 1.56 bits per heavy atom. The zero-order valence-corrected chi connectivity index (χ0v) is 16.2. The summed E-state index contributed by atoms with van der Waals surface area (Å²) in [6.45, 7) is 4.06. The van der Waals surface area contributed by atoms with Gasteiger partial charge in [-0.05, 0) is 48.7 Å². The van der Waals surface area contributed by atoms with Gasteiger partial charge in [-0.25, -0.2) is 4.98 Å². The van der Waals surface area contributed by atoms with Crippen LogP contribution >= 0.6 is 11.3 Å². The number of carbonyl (C=O) groups excluding carboxylic acids is 1. The van der Waals surface area contributed by atoms with E-state index >= 15 is 0 Å². The predicted molar refractivity (Wildman–Crippen MR) is 113 cm³/mol. The minimum Gasteiger partial charge on any atom is -0.274 e. The highest BCUT2D eigenvalue weighted by molar-refractivity contribution is 7.22. The molecule has 0 saturated carbocycles. The van der Waals surface area contributed by atoms with Gasteiger partial charge in [-0.15, -0.1) is 0 Å². The summed E-state index contributed by atoms with van der Waals surface area (Å²) in [6, 6.07) is 24.0. The molecule has 0 spiro atoms. The molecule has 3 aromatic carbocycles. The Balaban J connectivity index is 1.79. The Hall–Kier alpha value is -2.98. The SMILES string of the molecule is Cc1ccccc1CC(=O)N(c1nc2ccccc2s1)c1ccccc1C. The van der Waals surface area contributed by atoms with Gasteiger partial charge >= 0.3 is 0 Å². The highest BCUT2D eigenvalue weighted by Crippen LogP contribution is 2.35. The van der Waals surface area contributed by atoms with Crippen LogP contribution in [0.15, 0.2) is 72.8 Å². The number of amides is 1. The fourth-order valence-corrected chi connectivity index (χ4v) is 4.16. The van der Waals surface area contributed by atoms with Crippen LogP contribution in [0.1, 0.15) is 16.7 Å². The van der Waals surface area contributed by atoms with Crippen molar-refractivity contribution in [3.05, 3.63) is 89.5 Å². The van der Waals surface area contributed by atoms with Crippen LogP contribution in [0.2, 0.25) is 0 Å². The smallest absolute Gasteiger partial charge is 0.237 e. The molecule has 0 aliphatic rings. The molecule has 4 aromatic rings. The fourth-order valence-electron chi connectivity index (χ4n) is 3.16. The van der Waals surface area contributed by atoms with Crippen LogP contribution in [0.3, 0.4) is 0 Å². The van der Waals surface area contributed by atoms with Crippen LogP contribution < -0.4 is 4.90 Å². The van der Waals surface area contributed by atoms with E-state index in [4.69, 9.17) is 4.98 Å². The van der Waals surface area contributed by atoms with Crippen LogP contribution in [0.25, 0.3) is 10.2 Å². The molecule has 0 atom stereocenters. The van der Waals surface area contributed by atoms with Gasteiger partial charge in [0.15, 0.2) is 5.13 Å². The van der Waals surface area contributed by atoms with Crippen molar-refractivity contribution in [1.82, 2.24) is 4.98 Å². The number of nitrogens with zero attached hydrogens (tertiary/aromatic N) is 2. The van der Waals surface area contributed by atoms with Crippen LogP contribution in [-0.2, 0) is 11.2 Å². The van der Waals surface area contributed by atoms with Crippen molar-refractivity contribution >= 4 is 38.3 Å². The number of benzene rings is 3. The lowest BCUT2D eigenvalue weighted by atomic mass is 10.0. The number of para-hydroxylation sites is 2. The number of carbonyl (C=O) groups is 1. The number of fused-ring (bicyclic) bond motifs is 1. The van der Waals surface area contributed by atoms with Crippen molar-refractivity contribution in [3.63, 3.8) is 0 Å². The van der Waals surface area contributed by atoms with Crippen molar-refractivity contribution in [2.24, 2.45) is 0 Å². The summed E-state index contributed by atoms with van der Waals surface area (Å²) in [6.07, 6.45) is 0.344. The lowest BCUT2D eigenvalue weighted by molar-refractivity contribution is -0.117. The highest BCUT2D eigenvalue weighted by atomic mass is 32.1. The molecule has 1 aromatic heterocycles. The minimum absolute atomic E-state index is 0.0256. The van der Waals surface area contributed by atoms with Crippen LogP contribution in [-0.4, -0.2) is 10.9 Å². The van der Waals surface area contributed by atoms with E-state index < -0.39 is 0 Å². The average molecular weight is 372 g/mol. The molecule has 0 bridgehead atoms. The number of hydrogen-bond donors (Lipinski definition) is 0. The van der Waals surface area contributed by atoms with Gasteiger partial charge in [0.2, 0.25) is 5.91 Å². The first kappa shape index (κ1) is 17.4. The first-order valence-electron chi connectivity index (χ1n) is 8.92. The molecule has 1 heterocycles. The highest BCUT2D eigenvalue weighted by Gasteiger charge is 2.23. The van der Waals surface area contributed by atoms with Gasteiger partial charge in [-0.3, -0.25) is 9.69 Å². The van der Waals surface area contributed by atoms with Crippen molar-refractivity contribution < 1.29 is 4.79 Å². The molecular weight excluding hydrogens is 352 g/mol. The molecule has 0 fully saturated rings. The molecule has 0 unspecified atom stereocenters. The molecule has 0 radical (unpaired) electrons. The molecular formula is C23H20N2OS. The monoisotopic (exact) mass is 372 g/mol. The maximum atomic E-state index is 13.4. The first-order chi connectivity index (χ1) is 13.1. The van der Waals surface area contributed by atoms with Gasteiger partial charge in [0.05, 0.1) is 22.3 Å². The van der Waals surface area contributed by atoms with E-state index in [9.17, 15) is 4.79 Å². The van der Waals surface area contributed by atoms with Gasteiger partial charge in [0, 0.05) is 0 Å². The number of hydrogen-bond acceptors (Lipinski definition) is 3. The zero-order chi connectivity index (χ0) is 18.8. The molecule has 134 valence electrons. The van der Waals surface area contributed by atoms with Crippen LogP contribution in [0, 0.1) is 13.8 Å². The molecule has 0 aliphatic heterocycles. The zero-order valence-electron chi connectivity index (χ0n) is 15.3. The standard InChI is InChI=1S/C23H20N2OS/c1-16-9-3-5-11-18(16)15-22(26)25(20-13-7-4-10-17(20)2)23-24-19-12-6-8-14-21(19)27-23/h3-14H,15H2,1-2H3. The number of anilines is 2. The average Bonchev–Trinajstić information content (AvgIpc) is 3.09. The van der Waals surface area contributed by atoms with Gasteiger partial charge < -0.3 is 0 Å². The van der Waals surface area contributed by atoms with Crippen LogP contribution in [0.5, 0.6) is 0 Å². The topological polar surface area (TPSA) is 33.2 Å². The second-order valence-corrected chi connectivity index (χ2v) is 7.59. The number of aromatic nitrogens is 1. The number of rotatable bonds is 4. The molecule has 4 rings (SSSR count). The van der Waals surface area contributed by atoms with E-state index in [1.165, 1.54) is 0 Å². The third-order valence-corrected chi connectivity index (χ3v) is 5.70. The third-order valence-electron chi connectivity index (χ3n) is 4.68. The number of thiazole rings is 1. The summed E-state index contributed by atoms with van der Waals surface area (Å²) in [5.41, 5.74) is 5.02. The van der Waals surface area contributed by atoms with E-state index in [1.54, 1.807) is 16.2 Å².